The van der Waals surface area contributed by atoms with Gasteiger partial charge in [-0.15, -0.1) is 0 Å². The van der Waals surface area contributed by atoms with Crippen LogP contribution in [0.4, 0.5) is 0 Å². The van der Waals surface area contributed by atoms with E-state index in [-0.39, 0.29) is 5.54 Å². The van der Waals surface area contributed by atoms with Crippen molar-refractivity contribution in [2.45, 2.75) is 58.4 Å². The number of imidazole rings is 1. The minimum absolute atomic E-state index is 0.156. The fourth-order valence-electron chi connectivity index (χ4n) is 6.97. The molecule has 0 spiro atoms. The lowest BCUT2D eigenvalue weighted by molar-refractivity contribution is -0.742. The standard InChI is InChI=1S/C31H33N2/c1-22-14-10-13-21-29(22)32-23(2)30-27-19-11-12-20-28(27)31(33(30)24(32)3,25-15-6-4-7-16-25)26-17-8-5-9-18-26/h4,6-7,10-16,19-21,26H,5,8-9,17-18H2,1-3H3/q+1. The number of fused-ring (bicyclic) bond motifs is 3. The molecule has 1 fully saturated rings. The van der Waals surface area contributed by atoms with Crippen molar-refractivity contribution in [1.82, 2.24) is 4.57 Å². The third-order valence-corrected chi connectivity index (χ3v) is 8.26. The van der Waals surface area contributed by atoms with Crippen molar-refractivity contribution in [3.8, 4) is 16.9 Å². The second-order valence-corrected chi connectivity index (χ2v) is 9.95. The van der Waals surface area contributed by atoms with Crippen molar-refractivity contribution in [2.75, 3.05) is 0 Å². The highest BCUT2D eigenvalue weighted by atomic mass is 15.2. The Morgan fingerprint density at radius 1 is 0.758 bits per heavy atom. The molecule has 6 rings (SSSR count). The van der Waals surface area contributed by atoms with Crippen LogP contribution in [0.5, 0.6) is 0 Å². The Morgan fingerprint density at radius 2 is 1.42 bits per heavy atom. The van der Waals surface area contributed by atoms with Crippen LogP contribution in [0.15, 0.2) is 78.9 Å². The molecule has 3 aromatic carbocycles. The van der Waals surface area contributed by atoms with Gasteiger partial charge in [-0.05, 0) is 31.4 Å². The van der Waals surface area contributed by atoms with E-state index in [1.54, 1.807) is 0 Å². The molecule has 1 aliphatic carbocycles. The van der Waals surface area contributed by atoms with E-state index in [0.29, 0.717) is 5.92 Å². The van der Waals surface area contributed by atoms with E-state index >= 15 is 0 Å². The molecule has 0 radical (unpaired) electrons. The molecule has 1 atom stereocenters. The Bertz CT molecular complexity index is 1320. The lowest BCUT2D eigenvalue weighted by Gasteiger charge is -2.39. The molecule has 1 saturated carbocycles. The lowest BCUT2D eigenvalue weighted by atomic mass is 9.67. The van der Waals surface area contributed by atoms with Crippen LogP contribution in [0.25, 0.3) is 16.9 Å². The molecular formula is C31H33N2+. The van der Waals surface area contributed by atoms with Crippen molar-refractivity contribution < 1.29 is 4.57 Å². The molecule has 0 saturated heterocycles. The molecule has 4 aromatic rings. The lowest BCUT2D eigenvalue weighted by Crippen LogP contribution is -2.61. The maximum Gasteiger partial charge on any atom is 0.260 e. The van der Waals surface area contributed by atoms with Gasteiger partial charge in [-0.2, -0.15) is 4.57 Å². The van der Waals surface area contributed by atoms with Gasteiger partial charge in [-0.1, -0.05) is 92.1 Å². The smallest absolute Gasteiger partial charge is 0.212 e. The third-order valence-electron chi connectivity index (χ3n) is 8.26. The topological polar surface area (TPSA) is 8.81 Å². The fraction of sp³-hybridized carbons (Fsp3) is 0.323. The third kappa shape index (κ3) is 2.76. The zero-order chi connectivity index (χ0) is 22.6. The first-order valence-corrected chi connectivity index (χ1v) is 12.5. The first kappa shape index (κ1) is 20.5. The largest absolute Gasteiger partial charge is 0.260 e. The molecule has 0 N–H and O–H groups in total. The van der Waals surface area contributed by atoms with Crippen LogP contribution in [0.3, 0.4) is 0 Å². The van der Waals surface area contributed by atoms with Gasteiger partial charge >= 0.3 is 0 Å². The molecule has 1 unspecified atom stereocenters. The van der Waals surface area contributed by atoms with Gasteiger partial charge in [-0.3, -0.25) is 0 Å². The summed E-state index contributed by atoms with van der Waals surface area (Å²) in [6, 6.07) is 29.3. The van der Waals surface area contributed by atoms with Crippen LogP contribution in [0, 0.1) is 26.7 Å². The number of aromatic nitrogens is 2. The van der Waals surface area contributed by atoms with E-state index in [1.807, 2.05) is 0 Å². The summed E-state index contributed by atoms with van der Waals surface area (Å²) in [4.78, 5) is 0. The zero-order valence-electron chi connectivity index (χ0n) is 20.0. The highest BCUT2D eigenvalue weighted by Gasteiger charge is 2.57. The van der Waals surface area contributed by atoms with Gasteiger partial charge in [0, 0.05) is 36.5 Å². The Labute approximate surface area is 197 Å². The highest BCUT2D eigenvalue weighted by molar-refractivity contribution is 5.71. The van der Waals surface area contributed by atoms with E-state index in [1.165, 1.54) is 77.3 Å². The second kappa shape index (κ2) is 7.73. The van der Waals surface area contributed by atoms with Crippen LogP contribution in [-0.4, -0.2) is 4.57 Å². The predicted octanol–water partition coefficient (Wildman–Crippen LogP) is 7.04. The summed E-state index contributed by atoms with van der Waals surface area (Å²) in [5, 5.41) is 0. The van der Waals surface area contributed by atoms with Crippen molar-refractivity contribution in [3.05, 3.63) is 107 Å². The highest BCUT2D eigenvalue weighted by Crippen LogP contribution is 2.52. The SMILES string of the molecule is Cc1ccccc1-n1c(C)c2[n+](c1C)C(c1ccccc1)(C1CCCCC1)c1ccccc1-2. The van der Waals surface area contributed by atoms with Gasteiger partial charge in [0.25, 0.3) is 5.82 Å². The van der Waals surface area contributed by atoms with Crippen molar-refractivity contribution in [3.63, 3.8) is 0 Å². The summed E-state index contributed by atoms with van der Waals surface area (Å²) < 4.78 is 5.23. The summed E-state index contributed by atoms with van der Waals surface area (Å²) in [7, 11) is 0. The molecule has 2 aliphatic rings. The van der Waals surface area contributed by atoms with Crippen LogP contribution >= 0.6 is 0 Å². The zero-order valence-corrected chi connectivity index (χ0v) is 20.0. The first-order valence-electron chi connectivity index (χ1n) is 12.5. The summed E-state index contributed by atoms with van der Waals surface area (Å²) >= 11 is 0. The maximum atomic E-state index is 2.73. The summed E-state index contributed by atoms with van der Waals surface area (Å²) in [5.41, 5.74) is 9.49. The van der Waals surface area contributed by atoms with Crippen LogP contribution in [-0.2, 0) is 5.54 Å². The van der Waals surface area contributed by atoms with Crippen molar-refractivity contribution in [1.29, 1.82) is 0 Å². The summed E-state index contributed by atoms with van der Waals surface area (Å²) in [6.45, 7) is 6.86. The van der Waals surface area contributed by atoms with Crippen LogP contribution in [0.2, 0.25) is 0 Å². The number of aryl methyl sites for hydroxylation is 1. The van der Waals surface area contributed by atoms with Gasteiger partial charge in [0.15, 0.2) is 16.9 Å². The Morgan fingerprint density at radius 3 is 2.18 bits per heavy atom. The number of rotatable bonds is 3. The van der Waals surface area contributed by atoms with Gasteiger partial charge in [0.05, 0.1) is 0 Å². The molecular weight excluding hydrogens is 400 g/mol. The average Bonchev–Trinajstić information content (AvgIpc) is 3.31. The molecule has 2 heteroatoms. The quantitative estimate of drug-likeness (QED) is 0.306. The monoisotopic (exact) mass is 433 g/mol. The molecule has 1 aromatic heterocycles. The van der Waals surface area contributed by atoms with Crippen molar-refractivity contribution in [2.24, 2.45) is 5.92 Å². The summed E-state index contributed by atoms with van der Waals surface area (Å²) in [5.74, 6) is 1.91. The van der Waals surface area contributed by atoms with E-state index in [0.717, 1.165) is 0 Å². The second-order valence-electron chi connectivity index (χ2n) is 9.95. The number of hydrogen-bond donors (Lipinski definition) is 0. The van der Waals surface area contributed by atoms with E-state index in [9.17, 15) is 0 Å². The maximum absolute atomic E-state index is 2.73. The molecule has 166 valence electrons. The normalized spacial score (nSPS) is 20.0. The molecule has 0 amide bonds. The average molecular weight is 434 g/mol. The first-order chi connectivity index (χ1) is 16.2. The molecule has 2 heterocycles. The number of benzene rings is 3. The van der Waals surface area contributed by atoms with E-state index < -0.39 is 0 Å². The fourth-order valence-corrected chi connectivity index (χ4v) is 6.97. The van der Waals surface area contributed by atoms with Gasteiger partial charge in [-0.25, -0.2) is 4.57 Å². The molecule has 1 aliphatic heterocycles. The van der Waals surface area contributed by atoms with Crippen LogP contribution < -0.4 is 4.57 Å². The van der Waals surface area contributed by atoms with Gasteiger partial charge in [0.2, 0.25) is 0 Å². The summed E-state index contributed by atoms with van der Waals surface area (Å²) in [6.07, 6.45) is 6.58. The Balaban J connectivity index is 1.75. The molecule has 0 bridgehead atoms. The molecule has 33 heavy (non-hydrogen) atoms. The Hall–Kier alpha value is -3.13. The van der Waals surface area contributed by atoms with Crippen molar-refractivity contribution >= 4 is 0 Å². The van der Waals surface area contributed by atoms with Gasteiger partial charge in [0.1, 0.15) is 5.69 Å². The van der Waals surface area contributed by atoms with E-state index in [2.05, 4.69) is 109 Å². The predicted molar refractivity (Wildman–Crippen MR) is 135 cm³/mol. The number of nitrogens with zero attached hydrogens (tertiary/aromatic N) is 2. The minimum Gasteiger partial charge on any atom is -0.212 e. The Kier molecular flexibility index (Phi) is 4.79. The van der Waals surface area contributed by atoms with E-state index in [4.69, 9.17) is 0 Å². The minimum atomic E-state index is -0.156. The molecule has 2 nitrogen and oxygen atoms in total. The number of para-hydroxylation sites is 1. The number of hydrogen-bond acceptors (Lipinski definition) is 0. The van der Waals surface area contributed by atoms with Crippen LogP contribution in [0.1, 0.15) is 60.3 Å². The van der Waals surface area contributed by atoms with Gasteiger partial charge < -0.3 is 0 Å².